The number of fused-ring (bicyclic) bond motifs is 1. The zero-order valence-corrected chi connectivity index (χ0v) is 18.5. The van der Waals surface area contributed by atoms with Gasteiger partial charge >= 0.3 is 0 Å². The van der Waals surface area contributed by atoms with Crippen molar-refractivity contribution in [1.82, 2.24) is 9.80 Å². The van der Waals surface area contributed by atoms with Crippen molar-refractivity contribution in [2.45, 2.75) is 31.4 Å². The Kier molecular flexibility index (Phi) is 6.54. The lowest BCUT2D eigenvalue weighted by Crippen LogP contribution is -2.45. The molecule has 1 saturated heterocycles. The van der Waals surface area contributed by atoms with Crippen molar-refractivity contribution >= 4 is 29.1 Å². The van der Waals surface area contributed by atoms with E-state index < -0.39 is 0 Å². The van der Waals surface area contributed by atoms with E-state index in [0.29, 0.717) is 29.7 Å². The first-order chi connectivity index (χ1) is 14.5. The molecule has 4 rings (SSSR count). The predicted octanol–water partition coefficient (Wildman–Crippen LogP) is 3.74. The van der Waals surface area contributed by atoms with Crippen LogP contribution >= 0.6 is 23.2 Å². The minimum absolute atomic E-state index is 0.0617. The summed E-state index contributed by atoms with van der Waals surface area (Å²) in [6, 6.07) is 11.3. The molecule has 0 spiro atoms. The van der Waals surface area contributed by atoms with Crippen molar-refractivity contribution in [3.05, 3.63) is 63.1 Å². The Morgan fingerprint density at radius 2 is 2.03 bits per heavy atom. The third-order valence-electron chi connectivity index (χ3n) is 6.07. The first-order valence-corrected chi connectivity index (χ1v) is 11.0. The Morgan fingerprint density at radius 1 is 1.20 bits per heavy atom. The van der Waals surface area contributed by atoms with E-state index in [4.69, 9.17) is 27.9 Å². The van der Waals surface area contributed by atoms with Crippen molar-refractivity contribution < 1.29 is 14.6 Å². The molecule has 0 aromatic heterocycles. The van der Waals surface area contributed by atoms with Gasteiger partial charge in [0.05, 0.1) is 35.7 Å². The van der Waals surface area contributed by atoms with E-state index in [1.54, 1.807) is 19.2 Å². The molecular formula is C23H26Cl2N2O3. The number of likely N-dealkylation sites (tertiary alicyclic amines) is 1. The molecule has 0 bridgehead atoms. The number of amides is 1. The molecule has 1 amide bonds. The Morgan fingerprint density at radius 3 is 2.73 bits per heavy atom. The van der Waals surface area contributed by atoms with Crippen LogP contribution in [0.5, 0.6) is 5.75 Å². The summed E-state index contributed by atoms with van der Waals surface area (Å²) in [6.07, 6.45) is 1.51. The van der Waals surface area contributed by atoms with Crippen LogP contribution in [0, 0.1) is 0 Å². The average molecular weight is 449 g/mol. The van der Waals surface area contributed by atoms with Crippen LogP contribution in [-0.4, -0.2) is 60.2 Å². The van der Waals surface area contributed by atoms with E-state index >= 15 is 0 Å². The van der Waals surface area contributed by atoms with Crippen LogP contribution in [0.15, 0.2) is 36.4 Å². The molecule has 160 valence electrons. The highest BCUT2D eigenvalue weighted by molar-refractivity contribution is 6.42. The van der Waals surface area contributed by atoms with E-state index in [1.807, 2.05) is 23.1 Å². The first kappa shape index (κ1) is 21.4. The summed E-state index contributed by atoms with van der Waals surface area (Å²) in [7, 11) is 1.68. The molecule has 2 aliphatic rings. The van der Waals surface area contributed by atoms with Crippen molar-refractivity contribution in [3.8, 4) is 5.75 Å². The molecule has 1 N–H and O–H groups in total. The topological polar surface area (TPSA) is 53.0 Å². The number of rotatable bonds is 5. The predicted molar refractivity (Wildman–Crippen MR) is 118 cm³/mol. The number of halogens is 2. The summed E-state index contributed by atoms with van der Waals surface area (Å²) in [5.74, 6) is 0.933. The molecule has 2 aromatic rings. The minimum Gasteiger partial charge on any atom is -0.496 e. The quantitative estimate of drug-likeness (QED) is 0.756. The summed E-state index contributed by atoms with van der Waals surface area (Å²) in [5.41, 5.74) is 3.15. The molecular weight excluding hydrogens is 423 g/mol. The monoisotopic (exact) mass is 448 g/mol. The van der Waals surface area contributed by atoms with Crippen LogP contribution in [0.4, 0.5) is 0 Å². The molecule has 0 aliphatic carbocycles. The average Bonchev–Trinajstić information content (AvgIpc) is 3.15. The molecule has 2 aromatic carbocycles. The van der Waals surface area contributed by atoms with Gasteiger partial charge in [0.25, 0.3) is 0 Å². The molecule has 0 radical (unpaired) electrons. The van der Waals surface area contributed by atoms with Crippen LogP contribution in [0.3, 0.4) is 0 Å². The minimum atomic E-state index is -0.293. The summed E-state index contributed by atoms with van der Waals surface area (Å²) in [6.45, 7) is 2.81. The van der Waals surface area contributed by atoms with Crippen molar-refractivity contribution in [2.24, 2.45) is 0 Å². The zero-order valence-electron chi connectivity index (χ0n) is 17.0. The summed E-state index contributed by atoms with van der Waals surface area (Å²) >= 11 is 12.2. The fourth-order valence-electron chi connectivity index (χ4n) is 4.55. The van der Waals surface area contributed by atoms with Gasteiger partial charge < -0.3 is 14.7 Å². The molecule has 5 nitrogen and oxygen atoms in total. The van der Waals surface area contributed by atoms with Crippen LogP contribution in [0.25, 0.3) is 0 Å². The number of carbonyl (C=O) groups excluding carboxylic acids is 1. The molecule has 2 heterocycles. The highest BCUT2D eigenvalue weighted by Gasteiger charge is 2.34. The lowest BCUT2D eigenvalue weighted by Gasteiger charge is -2.40. The van der Waals surface area contributed by atoms with Crippen molar-refractivity contribution in [2.75, 3.05) is 33.3 Å². The standard InChI is InChI=1S/C23H26Cl2N2O3/c1-30-22-4-2-3-17-18(22)8-10-27(21(17)14-26-9-7-16(28)13-26)23(29)12-15-5-6-19(24)20(25)11-15/h2-6,11,16,21,28H,7-10,12-14H2,1H3. The van der Waals surface area contributed by atoms with E-state index in [9.17, 15) is 9.90 Å². The zero-order chi connectivity index (χ0) is 21.3. The number of hydrogen-bond donors (Lipinski definition) is 1. The van der Waals surface area contributed by atoms with Gasteiger partial charge in [-0.3, -0.25) is 9.69 Å². The van der Waals surface area contributed by atoms with Gasteiger partial charge in [-0.15, -0.1) is 0 Å². The van der Waals surface area contributed by atoms with E-state index in [-0.39, 0.29) is 24.5 Å². The fourth-order valence-corrected chi connectivity index (χ4v) is 4.87. The third kappa shape index (κ3) is 4.45. The SMILES string of the molecule is COc1cccc2c1CCN(C(=O)Cc1ccc(Cl)c(Cl)c1)C2CN1CCC(O)C1. The highest BCUT2D eigenvalue weighted by atomic mass is 35.5. The van der Waals surface area contributed by atoms with E-state index in [0.717, 1.165) is 36.3 Å². The van der Waals surface area contributed by atoms with Crippen molar-refractivity contribution in [1.29, 1.82) is 0 Å². The van der Waals surface area contributed by atoms with Crippen LogP contribution in [0.1, 0.15) is 29.2 Å². The van der Waals surface area contributed by atoms with Crippen molar-refractivity contribution in [3.63, 3.8) is 0 Å². The number of hydrogen-bond acceptors (Lipinski definition) is 4. The second-order valence-electron chi connectivity index (χ2n) is 8.01. The number of aliphatic hydroxyl groups is 1. The lowest BCUT2D eigenvalue weighted by atomic mass is 9.90. The number of aliphatic hydroxyl groups excluding tert-OH is 1. The number of β-amino-alcohol motifs (C(OH)–C–C–N with tert-alkyl or cyclic N) is 1. The first-order valence-electron chi connectivity index (χ1n) is 10.3. The smallest absolute Gasteiger partial charge is 0.227 e. The maximum atomic E-state index is 13.3. The maximum absolute atomic E-state index is 13.3. The summed E-state index contributed by atoms with van der Waals surface area (Å²) < 4.78 is 5.58. The van der Waals surface area contributed by atoms with Crippen LogP contribution in [0.2, 0.25) is 10.0 Å². The molecule has 0 saturated carbocycles. The van der Waals surface area contributed by atoms with Crippen LogP contribution < -0.4 is 4.74 Å². The van der Waals surface area contributed by atoms with Gasteiger partial charge in [-0.25, -0.2) is 0 Å². The Bertz CT molecular complexity index is 937. The number of benzene rings is 2. The summed E-state index contributed by atoms with van der Waals surface area (Å²) in [4.78, 5) is 17.5. The highest BCUT2D eigenvalue weighted by Crippen LogP contribution is 2.36. The van der Waals surface area contributed by atoms with Gasteiger partial charge in [-0.2, -0.15) is 0 Å². The van der Waals surface area contributed by atoms with Gasteiger partial charge in [-0.1, -0.05) is 41.4 Å². The van der Waals surface area contributed by atoms with E-state index in [2.05, 4.69) is 11.0 Å². The number of methoxy groups -OCH3 is 1. The number of carbonyl (C=O) groups is 1. The molecule has 2 unspecified atom stereocenters. The number of ether oxygens (including phenoxy) is 1. The van der Waals surface area contributed by atoms with Gasteiger partial charge in [0.2, 0.25) is 5.91 Å². The van der Waals surface area contributed by atoms with Gasteiger partial charge in [0, 0.05) is 31.7 Å². The van der Waals surface area contributed by atoms with Gasteiger partial charge in [0.1, 0.15) is 5.75 Å². The van der Waals surface area contributed by atoms with Crippen LogP contribution in [-0.2, 0) is 17.6 Å². The Labute approximate surface area is 187 Å². The molecule has 2 atom stereocenters. The molecule has 1 fully saturated rings. The summed E-state index contributed by atoms with van der Waals surface area (Å²) in [5, 5.41) is 10.9. The molecule has 7 heteroatoms. The normalized spacial score (nSPS) is 21.5. The second kappa shape index (κ2) is 9.15. The second-order valence-corrected chi connectivity index (χ2v) is 8.82. The molecule has 2 aliphatic heterocycles. The fraction of sp³-hybridized carbons (Fsp3) is 0.435. The van der Waals surface area contributed by atoms with Gasteiger partial charge in [-0.05, 0) is 42.2 Å². The Balaban J connectivity index is 1.61. The largest absolute Gasteiger partial charge is 0.496 e. The molecule has 30 heavy (non-hydrogen) atoms. The van der Waals surface area contributed by atoms with Gasteiger partial charge in [0.15, 0.2) is 0 Å². The lowest BCUT2D eigenvalue weighted by molar-refractivity contribution is -0.133. The number of nitrogens with zero attached hydrogens (tertiary/aromatic N) is 2. The maximum Gasteiger partial charge on any atom is 0.227 e. The third-order valence-corrected chi connectivity index (χ3v) is 6.80. The van der Waals surface area contributed by atoms with E-state index in [1.165, 1.54) is 5.56 Å². The Hall–Kier alpha value is -1.79.